The van der Waals surface area contributed by atoms with Crippen LogP contribution >= 0.6 is 0 Å². The Balaban J connectivity index is 1.80. The van der Waals surface area contributed by atoms with Gasteiger partial charge in [-0.25, -0.2) is 4.79 Å². The molecule has 0 bridgehead atoms. The van der Waals surface area contributed by atoms with E-state index in [2.05, 4.69) is 24.1 Å². The fourth-order valence-corrected chi connectivity index (χ4v) is 4.42. The second-order valence-electron chi connectivity index (χ2n) is 5.36. The normalized spacial score (nSPS) is 31.1. The summed E-state index contributed by atoms with van der Waals surface area (Å²) in [5.74, 6) is 1.35. The SMILES string of the molecule is CCN(CC)C1CCN(C(=O)NC2CCS(=O)C2)C1. The lowest BCUT2D eigenvalue weighted by Crippen LogP contribution is -2.45. The minimum absolute atomic E-state index is 0.0264. The molecule has 2 amide bonds. The van der Waals surface area contributed by atoms with E-state index in [9.17, 15) is 9.00 Å². The van der Waals surface area contributed by atoms with Gasteiger partial charge in [0.1, 0.15) is 0 Å². The number of nitrogens with zero attached hydrogens (tertiary/aromatic N) is 2. The predicted molar refractivity (Wildman–Crippen MR) is 77.7 cm³/mol. The van der Waals surface area contributed by atoms with Crippen molar-refractivity contribution < 1.29 is 9.00 Å². The zero-order valence-corrected chi connectivity index (χ0v) is 12.7. The van der Waals surface area contributed by atoms with Crippen LogP contribution in [0.1, 0.15) is 26.7 Å². The van der Waals surface area contributed by atoms with Crippen molar-refractivity contribution in [3.63, 3.8) is 0 Å². The van der Waals surface area contributed by atoms with Crippen LogP contribution in [0, 0.1) is 0 Å². The first kappa shape index (κ1) is 14.8. The quantitative estimate of drug-likeness (QED) is 0.825. The standard InChI is InChI=1S/C13H25N3O2S/c1-3-15(4-2)12-5-7-16(9-12)13(17)14-11-6-8-19(18)10-11/h11-12H,3-10H2,1-2H3,(H,14,17). The van der Waals surface area contributed by atoms with Crippen molar-refractivity contribution in [2.24, 2.45) is 0 Å². The van der Waals surface area contributed by atoms with Gasteiger partial charge in [-0.2, -0.15) is 0 Å². The van der Waals surface area contributed by atoms with Crippen LogP contribution in [0.2, 0.25) is 0 Å². The van der Waals surface area contributed by atoms with Gasteiger partial charge >= 0.3 is 6.03 Å². The van der Waals surface area contributed by atoms with Crippen LogP contribution in [-0.2, 0) is 10.8 Å². The van der Waals surface area contributed by atoms with E-state index in [4.69, 9.17) is 0 Å². The van der Waals surface area contributed by atoms with Gasteiger partial charge in [0.25, 0.3) is 0 Å². The van der Waals surface area contributed by atoms with Gasteiger partial charge < -0.3 is 10.2 Å². The van der Waals surface area contributed by atoms with E-state index >= 15 is 0 Å². The fraction of sp³-hybridized carbons (Fsp3) is 0.923. The van der Waals surface area contributed by atoms with Crippen LogP contribution in [0.25, 0.3) is 0 Å². The van der Waals surface area contributed by atoms with Crippen LogP contribution in [0.4, 0.5) is 4.79 Å². The molecule has 0 spiro atoms. The molecule has 3 atom stereocenters. The molecule has 3 unspecified atom stereocenters. The topological polar surface area (TPSA) is 52.6 Å². The lowest BCUT2D eigenvalue weighted by atomic mass is 10.2. The Morgan fingerprint density at radius 2 is 2.11 bits per heavy atom. The first-order chi connectivity index (χ1) is 9.13. The maximum absolute atomic E-state index is 12.2. The molecule has 0 radical (unpaired) electrons. The average Bonchev–Trinajstić information content (AvgIpc) is 3.01. The second-order valence-corrected chi connectivity index (χ2v) is 6.98. The van der Waals surface area contributed by atoms with E-state index < -0.39 is 10.8 Å². The molecule has 2 aliphatic rings. The predicted octanol–water partition coefficient (Wildman–Crippen LogP) is 0.633. The first-order valence-corrected chi connectivity index (χ1v) is 8.77. The Labute approximate surface area is 118 Å². The number of amides is 2. The Kier molecular flexibility index (Phi) is 5.21. The Morgan fingerprint density at radius 3 is 2.68 bits per heavy atom. The van der Waals surface area contributed by atoms with Crippen molar-refractivity contribution in [2.75, 3.05) is 37.7 Å². The summed E-state index contributed by atoms with van der Waals surface area (Å²) in [6.07, 6.45) is 1.91. The molecule has 2 fully saturated rings. The van der Waals surface area contributed by atoms with Gasteiger partial charge in [-0.15, -0.1) is 0 Å². The van der Waals surface area contributed by atoms with Gasteiger partial charge in [-0.3, -0.25) is 9.11 Å². The smallest absolute Gasteiger partial charge is 0.317 e. The van der Waals surface area contributed by atoms with Crippen molar-refractivity contribution >= 4 is 16.8 Å². The number of likely N-dealkylation sites (N-methyl/N-ethyl adjacent to an activating group) is 1. The molecule has 2 heterocycles. The number of hydrogen-bond acceptors (Lipinski definition) is 3. The zero-order chi connectivity index (χ0) is 13.8. The first-order valence-electron chi connectivity index (χ1n) is 7.28. The van der Waals surface area contributed by atoms with Crippen LogP contribution < -0.4 is 5.32 Å². The minimum atomic E-state index is -0.729. The van der Waals surface area contributed by atoms with Crippen molar-refractivity contribution in [2.45, 2.75) is 38.8 Å². The van der Waals surface area contributed by atoms with Crippen molar-refractivity contribution in [1.82, 2.24) is 15.1 Å². The summed E-state index contributed by atoms with van der Waals surface area (Å²) in [5.41, 5.74) is 0. The summed E-state index contributed by atoms with van der Waals surface area (Å²) >= 11 is 0. The molecule has 5 nitrogen and oxygen atoms in total. The van der Waals surface area contributed by atoms with Crippen LogP contribution in [0.15, 0.2) is 0 Å². The highest BCUT2D eigenvalue weighted by molar-refractivity contribution is 7.85. The maximum Gasteiger partial charge on any atom is 0.317 e. The summed E-state index contributed by atoms with van der Waals surface area (Å²) in [6.45, 7) is 8.07. The van der Waals surface area contributed by atoms with E-state index in [-0.39, 0.29) is 12.1 Å². The summed E-state index contributed by atoms with van der Waals surface area (Å²) in [5, 5.41) is 3.02. The number of urea groups is 1. The number of nitrogens with one attached hydrogen (secondary N) is 1. The minimum Gasteiger partial charge on any atom is -0.334 e. The van der Waals surface area contributed by atoms with E-state index in [1.165, 1.54) is 0 Å². The summed E-state index contributed by atoms with van der Waals surface area (Å²) in [6, 6.07) is 0.637. The molecule has 19 heavy (non-hydrogen) atoms. The molecule has 0 aromatic carbocycles. The van der Waals surface area contributed by atoms with E-state index in [1.807, 2.05) is 4.90 Å². The van der Waals surface area contributed by atoms with Gasteiger partial charge in [-0.1, -0.05) is 13.8 Å². The molecule has 0 saturated carbocycles. The van der Waals surface area contributed by atoms with E-state index in [1.54, 1.807) is 0 Å². The van der Waals surface area contributed by atoms with E-state index in [0.29, 0.717) is 11.8 Å². The van der Waals surface area contributed by atoms with Crippen LogP contribution in [0.3, 0.4) is 0 Å². The summed E-state index contributed by atoms with van der Waals surface area (Å²) in [7, 11) is -0.729. The molecular weight excluding hydrogens is 262 g/mol. The Morgan fingerprint density at radius 1 is 1.37 bits per heavy atom. The maximum atomic E-state index is 12.2. The summed E-state index contributed by atoms with van der Waals surface area (Å²) < 4.78 is 11.3. The second kappa shape index (κ2) is 6.70. The van der Waals surface area contributed by atoms with Gasteiger partial charge in [0, 0.05) is 47.5 Å². The highest BCUT2D eigenvalue weighted by atomic mass is 32.2. The van der Waals surface area contributed by atoms with Crippen LogP contribution in [0.5, 0.6) is 0 Å². The Hall–Kier alpha value is -0.620. The Bertz CT molecular complexity index is 347. The molecule has 1 N–H and O–H groups in total. The van der Waals surface area contributed by atoms with Crippen molar-refractivity contribution in [3.05, 3.63) is 0 Å². The number of rotatable bonds is 4. The van der Waals surface area contributed by atoms with Crippen molar-refractivity contribution in [3.8, 4) is 0 Å². The lowest BCUT2D eigenvalue weighted by Gasteiger charge is -2.26. The third kappa shape index (κ3) is 3.69. The molecule has 0 aromatic rings. The molecule has 2 aliphatic heterocycles. The largest absolute Gasteiger partial charge is 0.334 e. The highest BCUT2D eigenvalue weighted by Crippen LogP contribution is 2.16. The molecule has 6 heteroatoms. The van der Waals surface area contributed by atoms with Gasteiger partial charge in [0.05, 0.1) is 0 Å². The number of hydrogen-bond donors (Lipinski definition) is 1. The monoisotopic (exact) mass is 287 g/mol. The molecule has 2 saturated heterocycles. The lowest BCUT2D eigenvalue weighted by molar-refractivity contribution is 0.190. The number of carbonyl (C=O) groups excluding carboxylic acids is 1. The van der Waals surface area contributed by atoms with E-state index in [0.717, 1.165) is 44.8 Å². The van der Waals surface area contributed by atoms with Crippen molar-refractivity contribution in [1.29, 1.82) is 0 Å². The average molecular weight is 287 g/mol. The number of likely N-dealkylation sites (tertiary alicyclic amines) is 1. The molecule has 2 rings (SSSR count). The third-order valence-corrected chi connectivity index (χ3v) is 5.65. The van der Waals surface area contributed by atoms with Gasteiger partial charge in [0.2, 0.25) is 0 Å². The van der Waals surface area contributed by atoms with Gasteiger partial charge in [0.15, 0.2) is 0 Å². The molecule has 110 valence electrons. The number of carbonyl (C=O) groups is 1. The van der Waals surface area contributed by atoms with Gasteiger partial charge in [-0.05, 0) is 25.9 Å². The summed E-state index contributed by atoms with van der Waals surface area (Å²) in [4.78, 5) is 16.5. The highest BCUT2D eigenvalue weighted by Gasteiger charge is 2.31. The molecule has 0 aliphatic carbocycles. The third-order valence-electron chi connectivity index (χ3n) is 4.19. The molecule has 0 aromatic heterocycles. The zero-order valence-electron chi connectivity index (χ0n) is 11.9. The molecular formula is C13H25N3O2S. The fourth-order valence-electron chi connectivity index (χ4n) is 3.01. The van der Waals surface area contributed by atoms with Crippen LogP contribution in [-0.4, -0.2) is 69.8 Å².